The van der Waals surface area contributed by atoms with Gasteiger partial charge in [0.1, 0.15) is 0 Å². The third kappa shape index (κ3) is 7.82. The summed E-state index contributed by atoms with van der Waals surface area (Å²) in [5.74, 6) is -3.56. The lowest BCUT2D eigenvalue weighted by Gasteiger charge is -2.32. The quantitative estimate of drug-likeness (QED) is 0.426. The summed E-state index contributed by atoms with van der Waals surface area (Å²) in [5, 5.41) is 11.2. The number of aromatic nitrogens is 1. The molecular formula is C27H31F3N4O4. The molecule has 2 amide bonds. The number of halogens is 3. The molecule has 0 saturated carbocycles. The summed E-state index contributed by atoms with van der Waals surface area (Å²) in [5.41, 5.74) is 3.99. The van der Waals surface area contributed by atoms with Crippen LogP contribution in [0.5, 0.6) is 0 Å². The largest absolute Gasteiger partial charge is 0.490 e. The van der Waals surface area contributed by atoms with Crippen LogP contribution in [0, 0.1) is 0 Å². The molecule has 2 aromatic carbocycles. The summed E-state index contributed by atoms with van der Waals surface area (Å²) >= 11 is 0. The maximum Gasteiger partial charge on any atom is 0.490 e. The molecule has 0 spiro atoms. The zero-order valence-electron chi connectivity index (χ0n) is 21.2. The van der Waals surface area contributed by atoms with Crippen molar-refractivity contribution in [2.45, 2.75) is 31.4 Å². The van der Waals surface area contributed by atoms with Crippen LogP contribution < -0.4 is 5.32 Å². The number of alkyl halides is 3. The molecule has 3 aromatic rings. The topological polar surface area (TPSA) is 106 Å². The zero-order chi connectivity index (χ0) is 27.9. The number of rotatable bonds is 5. The van der Waals surface area contributed by atoms with Gasteiger partial charge in [0.15, 0.2) is 0 Å². The van der Waals surface area contributed by atoms with Gasteiger partial charge in [-0.05, 0) is 62.5 Å². The molecule has 1 aliphatic heterocycles. The third-order valence-electron chi connectivity index (χ3n) is 6.23. The van der Waals surface area contributed by atoms with Crippen LogP contribution in [-0.4, -0.2) is 77.6 Å². The number of aliphatic carboxylic acids is 1. The Labute approximate surface area is 218 Å². The van der Waals surface area contributed by atoms with Crippen LogP contribution in [-0.2, 0) is 20.8 Å². The van der Waals surface area contributed by atoms with Crippen molar-refractivity contribution in [3.05, 3.63) is 65.9 Å². The summed E-state index contributed by atoms with van der Waals surface area (Å²) in [4.78, 5) is 41.9. The van der Waals surface area contributed by atoms with Gasteiger partial charge in [-0.2, -0.15) is 13.2 Å². The average Bonchev–Trinajstić information content (AvgIpc) is 3.32. The number of carbonyl (C=O) groups excluding carboxylic acids is 2. The molecule has 4 rings (SSSR count). The Morgan fingerprint density at radius 3 is 2.42 bits per heavy atom. The van der Waals surface area contributed by atoms with E-state index in [2.05, 4.69) is 33.4 Å². The number of hydrogen-bond acceptors (Lipinski definition) is 4. The number of anilines is 1. The molecule has 11 heteroatoms. The smallest absolute Gasteiger partial charge is 0.475 e. The van der Waals surface area contributed by atoms with Gasteiger partial charge in [-0.15, -0.1) is 0 Å². The molecule has 1 saturated heterocycles. The second-order valence-electron chi connectivity index (χ2n) is 9.37. The number of nitrogens with zero attached hydrogens (tertiary/aromatic N) is 2. The fourth-order valence-electron chi connectivity index (χ4n) is 4.25. The van der Waals surface area contributed by atoms with Gasteiger partial charge in [-0.25, -0.2) is 4.79 Å². The number of likely N-dealkylation sites (N-methyl/N-ethyl adjacent to an activating group) is 1. The standard InChI is InChI=1S/C25H30N4O2.C2HF3O2/c1-28(2)15-13-18-8-3-5-11-21(18)27-24(30)25(31)29-14-7-10-20(17-29)23-16-19-9-4-6-12-22(19)26-23;3-2(4,5)1(6)7/h3-6,8-9,11-12,16,20,26H,7,10,13-15,17H2,1-2H3,(H,27,30);(H,6,7). The van der Waals surface area contributed by atoms with Crippen molar-refractivity contribution < 1.29 is 32.7 Å². The second kappa shape index (κ2) is 12.6. The van der Waals surface area contributed by atoms with Gasteiger partial charge >= 0.3 is 24.0 Å². The van der Waals surface area contributed by atoms with Gasteiger partial charge in [0, 0.05) is 42.5 Å². The van der Waals surface area contributed by atoms with E-state index in [1.165, 1.54) is 5.39 Å². The van der Waals surface area contributed by atoms with Crippen LogP contribution in [0.4, 0.5) is 18.9 Å². The molecular weight excluding hydrogens is 501 g/mol. The molecule has 0 radical (unpaired) electrons. The van der Waals surface area contributed by atoms with E-state index in [-0.39, 0.29) is 5.92 Å². The molecule has 1 atom stereocenters. The number of nitrogens with one attached hydrogen (secondary N) is 2. The lowest BCUT2D eigenvalue weighted by Crippen LogP contribution is -2.44. The number of benzene rings is 2. The number of carbonyl (C=O) groups is 3. The van der Waals surface area contributed by atoms with E-state index in [1.807, 2.05) is 50.5 Å². The zero-order valence-corrected chi connectivity index (χ0v) is 21.2. The van der Waals surface area contributed by atoms with Crippen molar-refractivity contribution in [3.8, 4) is 0 Å². The van der Waals surface area contributed by atoms with Crippen LogP contribution >= 0.6 is 0 Å². The van der Waals surface area contributed by atoms with E-state index in [1.54, 1.807) is 4.90 Å². The number of fused-ring (bicyclic) bond motifs is 1. The molecule has 3 N–H and O–H groups in total. The van der Waals surface area contributed by atoms with Crippen LogP contribution in [0.15, 0.2) is 54.6 Å². The number of hydrogen-bond donors (Lipinski definition) is 3. The van der Waals surface area contributed by atoms with Gasteiger partial charge in [0.2, 0.25) is 0 Å². The van der Waals surface area contributed by atoms with Crippen molar-refractivity contribution >= 4 is 34.4 Å². The average molecular weight is 533 g/mol. The van der Waals surface area contributed by atoms with Crippen LogP contribution in [0.25, 0.3) is 10.9 Å². The molecule has 0 aliphatic carbocycles. The predicted octanol–water partition coefficient (Wildman–Crippen LogP) is 4.25. The monoisotopic (exact) mass is 532 g/mol. The van der Waals surface area contributed by atoms with E-state index in [9.17, 15) is 22.8 Å². The van der Waals surface area contributed by atoms with Crippen molar-refractivity contribution in [2.75, 3.05) is 39.0 Å². The van der Waals surface area contributed by atoms with E-state index in [0.717, 1.165) is 42.6 Å². The molecule has 204 valence electrons. The number of carboxylic acid groups (broad SMARTS) is 1. The Balaban J connectivity index is 0.000000505. The normalized spacial score (nSPS) is 15.6. The first-order valence-electron chi connectivity index (χ1n) is 12.2. The number of para-hydroxylation sites is 2. The second-order valence-corrected chi connectivity index (χ2v) is 9.37. The lowest BCUT2D eigenvalue weighted by atomic mass is 9.94. The van der Waals surface area contributed by atoms with Crippen molar-refractivity contribution in [1.82, 2.24) is 14.8 Å². The van der Waals surface area contributed by atoms with E-state index >= 15 is 0 Å². The van der Waals surface area contributed by atoms with Crippen LogP contribution in [0.2, 0.25) is 0 Å². The van der Waals surface area contributed by atoms with Crippen LogP contribution in [0.1, 0.15) is 30.0 Å². The fourth-order valence-corrected chi connectivity index (χ4v) is 4.25. The molecule has 38 heavy (non-hydrogen) atoms. The highest BCUT2D eigenvalue weighted by Crippen LogP contribution is 2.29. The highest BCUT2D eigenvalue weighted by atomic mass is 19.4. The highest BCUT2D eigenvalue weighted by molar-refractivity contribution is 6.39. The third-order valence-corrected chi connectivity index (χ3v) is 6.23. The molecule has 1 aliphatic rings. The molecule has 1 fully saturated rings. The summed E-state index contributed by atoms with van der Waals surface area (Å²) in [6.07, 6.45) is -2.38. The predicted molar refractivity (Wildman–Crippen MR) is 138 cm³/mol. The number of piperidine rings is 1. The minimum absolute atomic E-state index is 0.213. The summed E-state index contributed by atoms with van der Waals surface area (Å²) in [6.45, 7) is 2.05. The molecule has 1 unspecified atom stereocenters. The summed E-state index contributed by atoms with van der Waals surface area (Å²) < 4.78 is 31.7. The van der Waals surface area contributed by atoms with Crippen LogP contribution in [0.3, 0.4) is 0 Å². The number of carboxylic acids is 1. The van der Waals surface area contributed by atoms with E-state index < -0.39 is 24.0 Å². The number of aromatic amines is 1. The lowest BCUT2D eigenvalue weighted by molar-refractivity contribution is -0.192. The first kappa shape index (κ1) is 28.7. The van der Waals surface area contributed by atoms with Gasteiger partial charge in [-0.3, -0.25) is 9.59 Å². The minimum atomic E-state index is -5.08. The first-order valence-corrected chi connectivity index (χ1v) is 12.2. The van der Waals surface area contributed by atoms with E-state index in [4.69, 9.17) is 9.90 Å². The maximum absolute atomic E-state index is 12.9. The van der Waals surface area contributed by atoms with Gasteiger partial charge in [-0.1, -0.05) is 36.4 Å². The minimum Gasteiger partial charge on any atom is -0.475 e. The van der Waals surface area contributed by atoms with Crippen molar-refractivity contribution in [3.63, 3.8) is 0 Å². The first-order chi connectivity index (χ1) is 18.0. The molecule has 2 heterocycles. The molecule has 1 aromatic heterocycles. The Kier molecular flexibility index (Phi) is 9.51. The number of likely N-dealkylation sites (tertiary alicyclic amines) is 1. The Morgan fingerprint density at radius 1 is 1.11 bits per heavy atom. The number of H-pyrrole nitrogens is 1. The fraction of sp³-hybridized carbons (Fsp3) is 0.370. The SMILES string of the molecule is CN(C)CCc1ccccc1NC(=O)C(=O)N1CCCC(c2cc3ccccc3[nH]2)C1.O=C(O)C(F)(F)F. The van der Waals surface area contributed by atoms with Gasteiger partial charge in [0.05, 0.1) is 0 Å². The molecule has 8 nitrogen and oxygen atoms in total. The summed E-state index contributed by atoms with van der Waals surface area (Å²) in [6, 6.07) is 18.0. The van der Waals surface area contributed by atoms with Crippen molar-refractivity contribution in [1.29, 1.82) is 0 Å². The maximum atomic E-state index is 12.9. The number of amides is 2. The van der Waals surface area contributed by atoms with Crippen molar-refractivity contribution in [2.24, 2.45) is 0 Å². The molecule has 0 bridgehead atoms. The van der Waals surface area contributed by atoms with Gasteiger partial charge in [0.25, 0.3) is 0 Å². The summed E-state index contributed by atoms with van der Waals surface area (Å²) in [7, 11) is 4.04. The van der Waals surface area contributed by atoms with E-state index in [0.29, 0.717) is 18.8 Å². The Hall–Kier alpha value is -3.86. The highest BCUT2D eigenvalue weighted by Gasteiger charge is 2.38. The Morgan fingerprint density at radius 2 is 1.76 bits per heavy atom. The Bertz CT molecular complexity index is 1240. The van der Waals surface area contributed by atoms with Gasteiger partial charge < -0.3 is 25.2 Å².